The van der Waals surface area contributed by atoms with Gasteiger partial charge in [-0.15, -0.1) is 6.58 Å². The number of ether oxygens (including phenoxy) is 1. The van der Waals surface area contributed by atoms with E-state index in [-0.39, 0.29) is 18.0 Å². The molecule has 0 saturated heterocycles. The lowest BCUT2D eigenvalue weighted by molar-refractivity contribution is -0.152. The Morgan fingerprint density at radius 2 is 2.00 bits per heavy atom. The molecule has 0 rings (SSSR count). The van der Waals surface area contributed by atoms with E-state index in [0.29, 0.717) is 0 Å². The van der Waals surface area contributed by atoms with Crippen molar-refractivity contribution in [3.05, 3.63) is 25.3 Å². The van der Waals surface area contributed by atoms with Gasteiger partial charge in [-0.3, -0.25) is 4.79 Å². The van der Waals surface area contributed by atoms with E-state index in [1.165, 1.54) is 0 Å². The van der Waals surface area contributed by atoms with Crippen LogP contribution in [0.4, 0.5) is 0 Å². The third kappa shape index (κ3) is 5.74. The third-order valence-electron chi connectivity index (χ3n) is 2.65. The lowest BCUT2D eigenvalue weighted by Crippen LogP contribution is -2.22. The molecule has 2 heteroatoms. The molecule has 2 nitrogen and oxygen atoms in total. The third-order valence-corrected chi connectivity index (χ3v) is 2.65. The first-order valence-electron chi connectivity index (χ1n) is 6.13. The zero-order valence-corrected chi connectivity index (χ0v) is 10.6. The van der Waals surface area contributed by atoms with Gasteiger partial charge in [0.1, 0.15) is 6.10 Å². The van der Waals surface area contributed by atoms with E-state index in [4.69, 9.17) is 4.74 Å². The number of hydrogen-bond acceptors (Lipinski definition) is 2. The molecule has 0 aromatic carbocycles. The van der Waals surface area contributed by atoms with Crippen LogP contribution < -0.4 is 0 Å². The molecule has 0 aliphatic carbocycles. The lowest BCUT2D eigenvalue weighted by atomic mass is 10.0. The van der Waals surface area contributed by atoms with Crippen molar-refractivity contribution in [3.8, 4) is 0 Å². The van der Waals surface area contributed by atoms with Crippen LogP contribution in [0.15, 0.2) is 25.3 Å². The maximum Gasteiger partial charge on any atom is 0.309 e. The fraction of sp³-hybridized carbons (Fsp3) is 0.643. The summed E-state index contributed by atoms with van der Waals surface area (Å²) in [5.74, 6) is -0.0972. The number of rotatable bonds is 9. The number of allylic oxidation sites excluding steroid dienone is 1. The Bertz CT molecular complexity index is 221. The predicted molar refractivity (Wildman–Crippen MR) is 68.2 cm³/mol. The van der Waals surface area contributed by atoms with E-state index in [9.17, 15) is 4.79 Å². The minimum absolute atomic E-state index is 0.00249. The Kier molecular flexibility index (Phi) is 8.59. The van der Waals surface area contributed by atoms with Gasteiger partial charge in [-0.1, -0.05) is 39.0 Å². The highest BCUT2D eigenvalue weighted by Gasteiger charge is 2.19. The molecule has 0 amide bonds. The van der Waals surface area contributed by atoms with Crippen molar-refractivity contribution in [2.75, 3.05) is 0 Å². The minimum Gasteiger partial charge on any atom is -0.458 e. The molecule has 16 heavy (non-hydrogen) atoms. The van der Waals surface area contributed by atoms with Crippen molar-refractivity contribution in [2.45, 2.75) is 52.1 Å². The molecular formula is C14H24O2. The molecule has 0 aromatic heterocycles. The summed E-state index contributed by atoms with van der Waals surface area (Å²) in [6, 6.07) is 0. The Morgan fingerprint density at radius 3 is 2.44 bits per heavy atom. The summed E-state index contributed by atoms with van der Waals surface area (Å²) in [7, 11) is 0. The fourth-order valence-electron chi connectivity index (χ4n) is 1.56. The molecule has 0 saturated carbocycles. The summed E-state index contributed by atoms with van der Waals surface area (Å²) in [5.41, 5.74) is 0. The highest BCUT2D eigenvalue weighted by molar-refractivity contribution is 5.72. The zero-order chi connectivity index (χ0) is 12.4. The van der Waals surface area contributed by atoms with Gasteiger partial charge in [0.2, 0.25) is 0 Å². The summed E-state index contributed by atoms with van der Waals surface area (Å²) < 4.78 is 5.40. The van der Waals surface area contributed by atoms with E-state index in [2.05, 4.69) is 20.1 Å². The second-order valence-corrected chi connectivity index (χ2v) is 3.97. The summed E-state index contributed by atoms with van der Waals surface area (Å²) in [6.45, 7) is 11.4. The van der Waals surface area contributed by atoms with E-state index in [0.717, 1.165) is 32.1 Å². The van der Waals surface area contributed by atoms with Crippen LogP contribution in [0.25, 0.3) is 0 Å². The second kappa shape index (κ2) is 9.20. The maximum absolute atomic E-state index is 11.8. The largest absolute Gasteiger partial charge is 0.458 e. The van der Waals surface area contributed by atoms with Gasteiger partial charge in [0, 0.05) is 0 Å². The van der Waals surface area contributed by atoms with Gasteiger partial charge < -0.3 is 4.74 Å². The van der Waals surface area contributed by atoms with Crippen molar-refractivity contribution >= 4 is 5.97 Å². The quantitative estimate of drug-likeness (QED) is 0.439. The fourth-order valence-corrected chi connectivity index (χ4v) is 1.56. The van der Waals surface area contributed by atoms with Gasteiger partial charge in [-0.2, -0.15) is 0 Å². The van der Waals surface area contributed by atoms with E-state index in [1.54, 1.807) is 6.08 Å². The Balaban J connectivity index is 4.16. The topological polar surface area (TPSA) is 26.3 Å². The average Bonchev–Trinajstić information content (AvgIpc) is 2.29. The van der Waals surface area contributed by atoms with E-state index in [1.807, 2.05) is 13.0 Å². The van der Waals surface area contributed by atoms with E-state index >= 15 is 0 Å². The molecule has 0 aliphatic rings. The SMILES string of the molecule is C=CCCC(CC)C(=O)OC(C=C)CCC. The number of carbonyl (C=O) groups excluding carboxylic acids is 1. The number of carbonyl (C=O) groups is 1. The average molecular weight is 224 g/mol. The van der Waals surface area contributed by atoms with Crippen LogP contribution in [0.2, 0.25) is 0 Å². The standard InChI is InChI=1S/C14H24O2/c1-5-9-11-12(7-3)14(15)16-13(8-4)10-6-2/h5,8,12-13H,1,4,6-7,9-11H2,2-3H3. The van der Waals surface area contributed by atoms with Crippen LogP contribution in [0.5, 0.6) is 0 Å². The van der Waals surface area contributed by atoms with Gasteiger partial charge in [-0.25, -0.2) is 0 Å². The first kappa shape index (κ1) is 14.9. The van der Waals surface area contributed by atoms with Gasteiger partial charge in [0.05, 0.1) is 5.92 Å². The van der Waals surface area contributed by atoms with Gasteiger partial charge in [0.25, 0.3) is 0 Å². The van der Waals surface area contributed by atoms with Crippen molar-refractivity contribution in [2.24, 2.45) is 5.92 Å². The molecule has 0 aliphatic heterocycles. The van der Waals surface area contributed by atoms with Gasteiger partial charge in [0.15, 0.2) is 0 Å². The van der Waals surface area contributed by atoms with Crippen molar-refractivity contribution < 1.29 is 9.53 Å². The highest BCUT2D eigenvalue weighted by atomic mass is 16.5. The van der Waals surface area contributed by atoms with Crippen LogP contribution in [0.1, 0.15) is 46.0 Å². The predicted octanol–water partition coefficient (Wildman–Crippen LogP) is 3.88. The molecule has 0 heterocycles. The normalized spacial score (nSPS) is 13.9. The minimum atomic E-state index is -0.129. The highest BCUT2D eigenvalue weighted by Crippen LogP contribution is 2.16. The maximum atomic E-state index is 11.8. The lowest BCUT2D eigenvalue weighted by Gasteiger charge is -2.18. The molecule has 2 atom stereocenters. The van der Waals surface area contributed by atoms with Crippen LogP contribution >= 0.6 is 0 Å². The van der Waals surface area contributed by atoms with Crippen molar-refractivity contribution in [3.63, 3.8) is 0 Å². The monoisotopic (exact) mass is 224 g/mol. The van der Waals surface area contributed by atoms with Gasteiger partial charge in [-0.05, 0) is 25.7 Å². The second-order valence-electron chi connectivity index (χ2n) is 3.97. The molecule has 92 valence electrons. The number of hydrogen-bond donors (Lipinski definition) is 0. The van der Waals surface area contributed by atoms with Crippen LogP contribution in [0, 0.1) is 5.92 Å². The van der Waals surface area contributed by atoms with Crippen LogP contribution in [-0.4, -0.2) is 12.1 Å². The van der Waals surface area contributed by atoms with Crippen LogP contribution in [-0.2, 0) is 9.53 Å². The molecule has 0 fully saturated rings. The molecule has 2 unspecified atom stereocenters. The van der Waals surface area contributed by atoms with Gasteiger partial charge >= 0.3 is 5.97 Å². The number of esters is 1. The summed E-state index contributed by atoms with van der Waals surface area (Å²) >= 11 is 0. The Morgan fingerprint density at radius 1 is 1.31 bits per heavy atom. The Hall–Kier alpha value is -1.05. The molecule has 0 spiro atoms. The summed E-state index contributed by atoms with van der Waals surface area (Å²) in [5, 5.41) is 0. The molecule has 0 N–H and O–H groups in total. The summed E-state index contributed by atoms with van der Waals surface area (Å²) in [6.07, 6.45) is 7.78. The first-order valence-corrected chi connectivity index (χ1v) is 6.13. The molecule has 0 bridgehead atoms. The summed E-state index contributed by atoms with van der Waals surface area (Å²) in [4.78, 5) is 11.8. The Labute approximate surface area is 99.4 Å². The molecule has 0 radical (unpaired) electrons. The molecule has 0 aromatic rings. The smallest absolute Gasteiger partial charge is 0.309 e. The zero-order valence-electron chi connectivity index (χ0n) is 10.6. The first-order chi connectivity index (χ1) is 7.69. The van der Waals surface area contributed by atoms with Crippen molar-refractivity contribution in [1.82, 2.24) is 0 Å². The van der Waals surface area contributed by atoms with Crippen LogP contribution in [0.3, 0.4) is 0 Å². The van der Waals surface area contributed by atoms with Crippen molar-refractivity contribution in [1.29, 1.82) is 0 Å². The molecular weight excluding hydrogens is 200 g/mol. The van der Waals surface area contributed by atoms with E-state index < -0.39 is 0 Å².